The van der Waals surface area contributed by atoms with Crippen molar-refractivity contribution in [1.29, 1.82) is 0 Å². The van der Waals surface area contributed by atoms with Crippen molar-refractivity contribution in [3.8, 4) is 22.8 Å². The number of alkyl carbamates (subject to hydrolysis) is 1. The second-order valence-corrected chi connectivity index (χ2v) is 15.1. The number of aromatic amines is 4. The first-order valence-corrected chi connectivity index (χ1v) is 17.7. The van der Waals surface area contributed by atoms with Crippen LogP contribution in [0.2, 0.25) is 0 Å². The van der Waals surface area contributed by atoms with Crippen LogP contribution in [0.4, 0.5) is 4.79 Å². The highest BCUT2D eigenvalue weighted by Crippen LogP contribution is 2.28. The summed E-state index contributed by atoms with van der Waals surface area (Å²) < 4.78 is 5.26. The Morgan fingerprint density at radius 3 is 1.75 bits per heavy atom. The summed E-state index contributed by atoms with van der Waals surface area (Å²) in [5, 5.41) is 31.4. The first-order valence-electron chi connectivity index (χ1n) is 17.7. The second kappa shape index (κ2) is 14.2. The Labute approximate surface area is 319 Å². The number of carbonyl (C=O) groups excluding carboxylic acids is 2. The molecular formula is C39H40N12O5. The molecule has 2 aromatic carbocycles. The minimum Gasteiger partial charge on any atom is -0.478 e. The molecule has 17 nitrogen and oxygen atoms in total. The second-order valence-electron chi connectivity index (χ2n) is 15.1. The normalized spacial score (nSPS) is 11.8. The van der Waals surface area contributed by atoms with E-state index in [9.17, 15) is 19.5 Å². The van der Waals surface area contributed by atoms with E-state index in [-0.39, 0.29) is 18.0 Å². The minimum atomic E-state index is -1.04. The van der Waals surface area contributed by atoms with Crippen LogP contribution in [0.25, 0.3) is 66.9 Å². The van der Waals surface area contributed by atoms with Crippen molar-refractivity contribution >= 4 is 62.1 Å². The van der Waals surface area contributed by atoms with Gasteiger partial charge in [-0.2, -0.15) is 10.2 Å². The van der Waals surface area contributed by atoms with Gasteiger partial charge in [0.2, 0.25) is 0 Å². The van der Waals surface area contributed by atoms with E-state index in [0.29, 0.717) is 50.7 Å². The van der Waals surface area contributed by atoms with E-state index in [0.717, 1.165) is 32.9 Å². The van der Waals surface area contributed by atoms with Gasteiger partial charge in [-0.3, -0.25) is 15.0 Å². The smallest absolute Gasteiger partial charge is 0.407 e. The van der Waals surface area contributed by atoms with Crippen molar-refractivity contribution < 1.29 is 24.2 Å². The van der Waals surface area contributed by atoms with Gasteiger partial charge in [-0.1, -0.05) is 24.3 Å². The van der Waals surface area contributed by atoms with E-state index < -0.39 is 23.2 Å². The molecule has 0 radical (unpaired) electrons. The van der Waals surface area contributed by atoms with Crippen LogP contribution in [0.5, 0.6) is 0 Å². The molecule has 2 amide bonds. The van der Waals surface area contributed by atoms with E-state index in [4.69, 9.17) is 4.74 Å². The first-order chi connectivity index (χ1) is 26.5. The van der Waals surface area contributed by atoms with Crippen molar-refractivity contribution in [3.63, 3.8) is 0 Å². The average Bonchev–Trinajstić information content (AvgIpc) is 3.93. The number of carboxylic acids is 1. The molecule has 0 aliphatic carbocycles. The highest BCUT2D eigenvalue weighted by molar-refractivity contribution is 6.05. The highest BCUT2D eigenvalue weighted by atomic mass is 16.6. The lowest BCUT2D eigenvalue weighted by Crippen LogP contribution is -2.52. The number of carboxylic acid groups (broad SMARTS) is 1. The number of aromatic carboxylic acids is 1. The zero-order valence-electron chi connectivity index (χ0n) is 31.7. The lowest BCUT2D eigenvalue weighted by Gasteiger charge is -2.27. The van der Waals surface area contributed by atoms with Crippen LogP contribution in [0, 0.1) is 13.8 Å². The Hall–Kier alpha value is -7.17. The lowest BCUT2D eigenvalue weighted by atomic mass is 10.1. The van der Waals surface area contributed by atoms with Crippen molar-refractivity contribution in [3.05, 3.63) is 83.4 Å². The Morgan fingerprint density at radius 1 is 0.750 bits per heavy atom. The van der Waals surface area contributed by atoms with Gasteiger partial charge in [-0.25, -0.2) is 29.5 Å². The van der Waals surface area contributed by atoms with Gasteiger partial charge in [0.1, 0.15) is 45.0 Å². The Morgan fingerprint density at radius 2 is 1.25 bits per heavy atom. The predicted octanol–water partition coefficient (Wildman–Crippen LogP) is 6.35. The lowest BCUT2D eigenvalue weighted by molar-refractivity contribution is 0.0509. The molecule has 286 valence electrons. The summed E-state index contributed by atoms with van der Waals surface area (Å²) in [7, 11) is 0. The summed E-state index contributed by atoms with van der Waals surface area (Å²) in [5.41, 5.74) is 7.29. The van der Waals surface area contributed by atoms with Gasteiger partial charge in [-0.05, 0) is 71.7 Å². The minimum absolute atomic E-state index is 0.0973. The van der Waals surface area contributed by atoms with Gasteiger partial charge in [0.15, 0.2) is 11.3 Å². The third-order valence-electron chi connectivity index (χ3n) is 8.68. The quantitative estimate of drug-likeness (QED) is 0.0944. The largest absolute Gasteiger partial charge is 0.478 e. The molecule has 0 bridgehead atoms. The number of aromatic nitrogens is 10. The third-order valence-corrected chi connectivity index (χ3v) is 8.68. The third kappa shape index (κ3) is 7.73. The Kier molecular flexibility index (Phi) is 9.45. The predicted molar refractivity (Wildman–Crippen MR) is 210 cm³/mol. The fourth-order valence-electron chi connectivity index (χ4n) is 6.03. The molecule has 0 saturated carbocycles. The first kappa shape index (κ1) is 37.2. The maximum absolute atomic E-state index is 13.1. The van der Waals surface area contributed by atoms with E-state index in [1.807, 2.05) is 64.1 Å². The highest BCUT2D eigenvalue weighted by Gasteiger charge is 2.26. The number of H-pyrrole nitrogens is 4. The van der Waals surface area contributed by atoms with Crippen LogP contribution >= 0.6 is 0 Å². The van der Waals surface area contributed by atoms with Crippen molar-refractivity contribution in [2.45, 2.75) is 59.6 Å². The van der Waals surface area contributed by atoms with Gasteiger partial charge in [0.25, 0.3) is 5.91 Å². The monoisotopic (exact) mass is 756 g/mol. The fraction of sp³-hybridized carbons (Fsp3) is 0.256. The number of rotatable bonds is 7. The fourth-order valence-corrected chi connectivity index (χ4v) is 6.03. The van der Waals surface area contributed by atoms with Gasteiger partial charge < -0.3 is 30.4 Å². The number of carbonyl (C=O) groups is 3. The van der Waals surface area contributed by atoms with Crippen molar-refractivity contribution in [1.82, 2.24) is 60.9 Å². The van der Waals surface area contributed by atoms with E-state index >= 15 is 0 Å². The molecular weight excluding hydrogens is 717 g/mol. The number of nitrogens with zero attached hydrogens (tertiary/aromatic N) is 6. The Bertz CT molecular complexity index is 2790. The summed E-state index contributed by atoms with van der Waals surface area (Å²) in [6.45, 7) is 13.2. The average molecular weight is 757 g/mol. The van der Waals surface area contributed by atoms with E-state index in [1.54, 1.807) is 39.4 Å². The van der Waals surface area contributed by atoms with Crippen LogP contribution in [-0.2, 0) is 4.74 Å². The zero-order chi connectivity index (χ0) is 39.9. The van der Waals surface area contributed by atoms with Crippen LogP contribution < -0.4 is 10.6 Å². The number of fused-ring (bicyclic) bond motifs is 4. The van der Waals surface area contributed by atoms with E-state index in [2.05, 4.69) is 60.9 Å². The number of hydrogen-bond donors (Lipinski definition) is 7. The molecule has 8 rings (SSSR count). The molecule has 17 heteroatoms. The maximum Gasteiger partial charge on any atom is 0.407 e. The van der Waals surface area contributed by atoms with Gasteiger partial charge in [0, 0.05) is 29.7 Å². The summed E-state index contributed by atoms with van der Waals surface area (Å²) in [6, 6.07) is 12.0. The summed E-state index contributed by atoms with van der Waals surface area (Å²) in [4.78, 5) is 59.8. The van der Waals surface area contributed by atoms with Crippen LogP contribution in [0.3, 0.4) is 0 Å². The van der Waals surface area contributed by atoms with Crippen LogP contribution in [-0.4, -0.2) is 91.1 Å². The van der Waals surface area contributed by atoms with Crippen LogP contribution in [0.15, 0.2) is 61.2 Å². The van der Waals surface area contributed by atoms with Crippen molar-refractivity contribution in [2.24, 2.45) is 0 Å². The molecule has 8 aromatic rings. The molecule has 7 N–H and O–H groups in total. The zero-order valence-corrected chi connectivity index (χ0v) is 31.7. The van der Waals surface area contributed by atoms with Gasteiger partial charge in [-0.15, -0.1) is 0 Å². The number of nitrogens with one attached hydrogen (secondary N) is 6. The van der Waals surface area contributed by atoms with Gasteiger partial charge in [0.05, 0.1) is 34.5 Å². The molecule has 0 aliphatic heterocycles. The molecule has 0 aliphatic rings. The Balaban J connectivity index is 0.000000187. The van der Waals surface area contributed by atoms with Crippen molar-refractivity contribution in [2.75, 3.05) is 6.54 Å². The standard InChI is InChI=1S/C24H29N7O3.C15H11N5O2/c1-13-7-8-14-16(9-13)30-31-18(14)17-11-26-20-19(28-17)15(10-25-20)21(32)29-24(5,6)12-27-22(33)34-23(2,3)4;1-7-2-3-8-10(4-7)19-20-12(8)11-6-17-14-13(18-11)9(5-16-14)15(21)22/h7-11H,12H2,1-6H3,(H,25,26)(H,27,33)(H,29,32)(H,30,31);2-6H,1H3,(H,16,17)(H,19,20)(H,21,22). The SMILES string of the molecule is Cc1ccc2c(-c3cnc4[nH]cc(C(=O)NC(C)(C)CNC(=O)OC(C)(C)C)c4n3)n[nH]c2c1.Cc1ccc2c(-c3cnc4[nH]cc(C(=O)O)c4n3)n[nH]c2c1. The summed E-state index contributed by atoms with van der Waals surface area (Å²) in [6.07, 6.45) is 5.64. The summed E-state index contributed by atoms with van der Waals surface area (Å²) in [5.74, 6) is -1.38. The molecule has 0 unspecified atom stereocenters. The number of hydrogen-bond acceptors (Lipinski definition) is 10. The molecule has 56 heavy (non-hydrogen) atoms. The van der Waals surface area contributed by atoms with Gasteiger partial charge >= 0.3 is 12.1 Å². The maximum atomic E-state index is 13.1. The topological polar surface area (TPSA) is 245 Å². The number of amides is 2. The number of aryl methyl sites for hydroxylation is 2. The molecule has 0 atom stereocenters. The molecule has 0 fully saturated rings. The molecule has 6 aromatic heterocycles. The number of ether oxygens (including phenoxy) is 1. The number of benzene rings is 2. The molecule has 0 saturated heterocycles. The molecule has 0 spiro atoms. The van der Waals surface area contributed by atoms with E-state index in [1.165, 1.54) is 6.20 Å². The summed E-state index contributed by atoms with van der Waals surface area (Å²) >= 11 is 0. The molecule has 6 heterocycles. The van der Waals surface area contributed by atoms with Crippen LogP contribution in [0.1, 0.15) is 66.5 Å².